The topological polar surface area (TPSA) is 85.6 Å². The minimum atomic E-state index is -0.584. The van der Waals surface area contributed by atoms with Crippen LogP contribution in [0.25, 0.3) is 0 Å². The molecule has 0 unspecified atom stereocenters. The first-order chi connectivity index (χ1) is 12.0. The zero-order chi connectivity index (χ0) is 17.8. The number of nitro groups is 1. The molecule has 7 nitrogen and oxygen atoms in total. The van der Waals surface area contributed by atoms with Crippen molar-refractivity contribution in [1.82, 2.24) is 4.98 Å². The highest BCUT2D eigenvalue weighted by molar-refractivity contribution is 7.09. The second-order valence-corrected chi connectivity index (χ2v) is 7.00. The molecule has 0 radical (unpaired) electrons. The van der Waals surface area contributed by atoms with Crippen LogP contribution in [0.1, 0.15) is 40.3 Å². The van der Waals surface area contributed by atoms with Crippen molar-refractivity contribution in [3.63, 3.8) is 0 Å². The molecule has 0 amide bonds. The van der Waals surface area contributed by atoms with Crippen LogP contribution in [0.5, 0.6) is 0 Å². The summed E-state index contributed by atoms with van der Waals surface area (Å²) in [5.74, 6) is -0.584. The van der Waals surface area contributed by atoms with Gasteiger partial charge in [0.25, 0.3) is 5.69 Å². The predicted octanol–water partition coefficient (Wildman–Crippen LogP) is 3.71. The molecule has 1 fully saturated rings. The largest absolute Gasteiger partial charge is 0.456 e. The number of carbonyl (C=O) groups is 1. The summed E-state index contributed by atoms with van der Waals surface area (Å²) in [4.78, 5) is 29.4. The first-order valence-corrected chi connectivity index (χ1v) is 9.04. The molecule has 0 saturated carbocycles. The lowest BCUT2D eigenvalue weighted by Gasteiger charge is -2.28. The smallest absolute Gasteiger partial charge is 0.338 e. The molecular weight excluding hydrogens is 342 g/mol. The number of thiazole rings is 1. The van der Waals surface area contributed by atoms with Gasteiger partial charge < -0.3 is 9.64 Å². The third-order valence-corrected chi connectivity index (χ3v) is 4.94. The fraction of sp³-hybridized carbons (Fsp3) is 0.412. The number of anilines is 1. The van der Waals surface area contributed by atoms with E-state index in [9.17, 15) is 14.9 Å². The number of esters is 1. The second-order valence-electron chi connectivity index (χ2n) is 5.94. The predicted molar refractivity (Wildman–Crippen MR) is 95.1 cm³/mol. The third-order valence-electron chi connectivity index (χ3n) is 4.12. The van der Waals surface area contributed by atoms with Gasteiger partial charge in [-0.25, -0.2) is 9.78 Å². The van der Waals surface area contributed by atoms with Gasteiger partial charge in [-0.1, -0.05) is 0 Å². The summed E-state index contributed by atoms with van der Waals surface area (Å²) in [5.41, 5.74) is 1.37. The Hall–Kier alpha value is -2.48. The minimum Gasteiger partial charge on any atom is -0.456 e. The van der Waals surface area contributed by atoms with Gasteiger partial charge in [0.1, 0.15) is 12.3 Å². The number of piperidine rings is 1. The van der Waals surface area contributed by atoms with Crippen LogP contribution in [0.15, 0.2) is 23.6 Å². The van der Waals surface area contributed by atoms with Gasteiger partial charge in [-0.05, 0) is 38.3 Å². The summed E-state index contributed by atoms with van der Waals surface area (Å²) in [6.45, 7) is 3.53. The number of rotatable bonds is 5. The Morgan fingerprint density at radius 1 is 1.36 bits per heavy atom. The Labute approximate surface area is 149 Å². The molecule has 0 spiro atoms. The Morgan fingerprint density at radius 3 is 2.76 bits per heavy atom. The molecule has 3 rings (SSSR count). The summed E-state index contributed by atoms with van der Waals surface area (Å²) < 4.78 is 5.22. The average Bonchev–Trinajstić information content (AvgIpc) is 3.05. The lowest BCUT2D eigenvalue weighted by Crippen LogP contribution is -2.30. The van der Waals surface area contributed by atoms with E-state index in [1.54, 1.807) is 12.1 Å². The molecular formula is C17H19N3O4S. The van der Waals surface area contributed by atoms with Gasteiger partial charge in [0.15, 0.2) is 0 Å². The van der Waals surface area contributed by atoms with Crippen LogP contribution < -0.4 is 4.90 Å². The zero-order valence-electron chi connectivity index (χ0n) is 13.9. The number of nitro benzene ring substituents is 1. The normalized spacial score (nSPS) is 14.4. The first kappa shape index (κ1) is 17.3. The summed E-state index contributed by atoms with van der Waals surface area (Å²) in [7, 11) is 0. The Bertz CT molecular complexity index is 784. The Morgan fingerprint density at radius 2 is 2.12 bits per heavy atom. The van der Waals surface area contributed by atoms with E-state index in [0.717, 1.165) is 37.4 Å². The maximum absolute atomic E-state index is 12.2. The standard InChI is InChI=1S/C17H19N3O4S/c1-12-18-14(11-25-12)10-24-17(21)13-5-6-15(16(9-13)20(22)23)19-7-3-2-4-8-19/h5-6,9,11H,2-4,7-8,10H2,1H3. The quantitative estimate of drug-likeness (QED) is 0.458. The van der Waals surface area contributed by atoms with Crippen LogP contribution in [0.3, 0.4) is 0 Å². The SMILES string of the molecule is Cc1nc(COC(=O)c2ccc(N3CCCCC3)c([N+](=O)[O-])c2)cs1. The molecule has 2 aromatic rings. The summed E-state index contributed by atoms with van der Waals surface area (Å²) >= 11 is 1.48. The summed E-state index contributed by atoms with van der Waals surface area (Å²) in [6.07, 6.45) is 3.19. The molecule has 0 aliphatic carbocycles. The van der Waals surface area contributed by atoms with E-state index in [4.69, 9.17) is 4.74 Å². The maximum Gasteiger partial charge on any atom is 0.338 e. The molecule has 132 valence electrons. The number of ether oxygens (including phenoxy) is 1. The highest BCUT2D eigenvalue weighted by atomic mass is 32.1. The average molecular weight is 361 g/mol. The fourth-order valence-corrected chi connectivity index (χ4v) is 3.49. The number of hydrogen-bond acceptors (Lipinski definition) is 7. The van der Waals surface area contributed by atoms with Crippen LogP contribution >= 0.6 is 11.3 Å². The van der Waals surface area contributed by atoms with Crippen molar-refractivity contribution in [2.75, 3.05) is 18.0 Å². The van der Waals surface area contributed by atoms with Crippen molar-refractivity contribution >= 4 is 28.7 Å². The molecule has 0 N–H and O–H groups in total. The molecule has 2 heterocycles. The van der Waals surface area contributed by atoms with Gasteiger partial charge in [0.2, 0.25) is 0 Å². The number of benzene rings is 1. The van der Waals surface area contributed by atoms with Crippen molar-refractivity contribution in [3.05, 3.63) is 50.0 Å². The fourth-order valence-electron chi connectivity index (χ4n) is 2.90. The van der Waals surface area contributed by atoms with E-state index < -0.39 is 10.9 Å². The van der Waals surface area contributed by atoms with E-state index in [2.05, 4.69) is 4.98 Å². The number of carbonyl (C=O) groups excluding carboxylic acids is 1. The molecule has 25 heavy (non-hydrogen) atoms. The van der Waals surface area contributed by atoms with Crippen molar-refractivity contribution in [2.45, 2.75) is 32.8 Å². The van der Waals surface area contributed by atoms with Crippen molar-refractivity contribution in [2.24, 2.45) is 0 Å². The van der Waals surface area contributed by atoms with Crippen molar-refractivity contribution in [3.8, 4) is 0 Å². The maximum atomic E-state index is 12.2. The van der Waals surface area contributed by atoms with Gasteiger partial charge >= 0.3 is 5.97 Å². The van der Waals surface area contributed by atoms with Crippen LogP contribution in [0.4, 0.5) is 11.4 Å². The molecule has 0 atom stereocenters. The molecule has 1 aliphatic heterocycles. The Balaban J connectivity index is 1.76. The number of aromatic nitrogens is 1. The van der Waals surface area contributed by atoms with E-state index in [1.165, 1.54) is 17.4 Å². The lowest BCUT2D eigenvalue weighted by atomic mass is 10.1. The molecule has 1 aliphatic rings. The van der Waals surface area contributed by atoms with Crippen molar-refractivity contribution < 1.29 is 14.5 Å². The first-order valence-electron chi connectivity index (χ1n) is 8.16. The van der Waals surface area contributed by atoms with Gasteiger partial charge in [-0.15, -0.1) is 11.3 Å². The van der Waals surface area contributed by atoms with Crippen LogP contribution in [0, 0.1) is 17.0 Å². The molecule has 1 saturated heterocycles. The summed E-state index contributed by atoms with van der Waals surface area (Å²) in [5, 5.41) is 14.2. The van der Waals surface area contributed by atoms with Crippen molar-refractivity contribution in [1.29, 1.82) is 0 Å². The second kappa shape index (κ2) is 7.60. The van der Waals surface area contributed by atoms with Crippen LogP contribution in [-0.2, 0) is 11.3 Å². The van der Waals surface area contributed by atoms with E-state index >= 15 is 0 Å². The number of aryl methyl sites for hydroxylation is 1. The minimum absolute atomic E-state index is 0.0548. The molecule has 1 aromatic heterocycles. The van der Waals surface area contributed by atoms with Crippen LogP contribution in [0.2, 0.25) is 0 Å². The van der Waals surface area contributed by atoms with E-state index in [1.807, 2.05) is 17.2 Å². The van der Waals surface area contributed by atoms with E-state index in [-0.39, 0.29) is 17.9 Å². The zero-order valence-corrected chi connectivity index (χ0v) is 14.8. The molecule has 0 bridgehead atoms. The monoisotopic (exact) mass is 361 g/mol. The Kier molecular flexibility index (Phi) is 5.28. The number of hydrogen-bond donors (Lipinski definition) is 0. The highest BCUT2D eigenvalue weighted by Gasteiger charge is 2.23. The van der Waals surface area contributed by atoms with Gasteiger partial charge in [0.05, 0.1) is 21.2 Å². The van der Waals surface area contributed by atoms with Gasteiger partial charge in [-0.2, -0.15) is 0 Å². The highest BCUT2D eigenvalue weighted by Crippen LogP contribution is 2.31. The number of nitrogens with zero attached hydrogens (tertiary/aromatic N) is 3. The summed E-state index contributed by atoms with van der Waals surface area (Å²) in [6, 6.07) is 4.54. The van der Waals surface area contributed by atoms with Gasteiger partial charge in [-0.3, -0.25) is 10.1 Å². The molecule has 8 heteroatoms. The van der Waals surface area contributed by atoms with Gasteiger partial charge in [0, 0.05) is 24.5 Å². The molecule has 1 aromatic carbocycles. The third kappa shape index (κ3) is 4.14. The lowest BCUT2D eigenvalue weighted by molar-refractivity contribution is -0.384. The van der Waals surface area contributed by atoms with E-state index in [0.29, 0.717) is 11.4 Å². The van der Waals surface area contributed by atoms with Crippen LogP contribution in [-0.4, -0.2) is 29.0 Å².